The highest BCUT2D eigenvalue weighted by Crippen LogP contribution is 2.01. The third-order valence-corrected chi connectivity index (χ3v) is 1.64. The van der Waals surface area contributed by atoms with Crippen LogP contribution in [0.1, 0.15) is 0 Å². The minimum absolute atomic E-state index is 0.463. The molecule has 0 spiro atoms. The fourth-order valence-electron chi connectivity index (χ4n) is 0.985. The average molecular weight is 150 g/mol. The van der Waals surface area contributed by atoms with Crippen LogP contribution in [-0.4, -0.2) is 15.0 Å². The number of nitrogen functional groups attached to an aromatic ring is 1. The van der Waals surface area contributed by atoms with Gasteiger partial charge in [-0.05, 0) is 0 Å². The zero-order chi connectivity index (χ0) is 7.84. The van der Waals surface area contributed by atoms with Crippen molar-refractivity contribution in [2.24, 2.45) is 7.05 Å². The number of imidazole rings is 1. The highest BCUT2D eigenvalue weighted by Gasteiger charge is 2.08. The summed E-state index contributed by atoms with van der Waals surface area (Å²) in [5.41, 5.74) is 7.25. The molecule has 11 heavy (non-hydrogen) atoms. The molecule has 0 fully saturated rings. The summed E-state index contributed by atoms with van der Waals surface area (Å²) in [6.07, 6.45) is 3.28. The van der Waals surface area contributed by atoms with Crippen molar-refractivity contribution in [2.75, 3.05) is 5.73 Å². The molecule has 0 atom stereocenters. The largest absolute Gasteiger partial charge is 0.344 e. The van der Waals surface area contributed by atoms with Crippen molar-refractivity contribution in [3.05, 3.63) is 12.5 Å². The zero-order valence-corrected chi connectivity index (χ0v) is 6.07. The number of rotatable bonds is 0. The molecule has 56 valence electrons. The van der Waals surface area contributed by atoms with Crippen molar-refractivity contribution >= 4 is 17.1 Å². The van der Waals surface area contributed by atoms with Gasteiger partial charge in [-0.2, -0.15) is 0 Å². The highest BCUT2D eigenvalue weighted by atomic mass is 15.2. The summed E-state index contributed by atoms with van der Waals surface area (Å²) in [5, 5.41) is 0. The van der Waals surface area contributed by atoms with Crippen molar-refractivity contribution in [3.63, 3.8) is 0 Å². The lowest BCUT2D eigenvalue weighted by Crippen LogP contribution is -2.34. The molecule has 0 saturated carbocycles. The van der Waals surface area contributed by atoms with Gasteiger partial charge in [0.05, 0.1) is 7.05 Å². The van der Waals surface area contributed by atoms with Gasteiger partial charge in [0, 0.05) is 0 Å². The monoisotopic (exact) mass is 150 g/mol. The van der Waals surface area contributed by atoms with Gasteiger partial charge in [0.2, 0.25) is 0 Å². The molecule has 3 N–H and O–H groups in total. The average Bonchev–Trinajstić information content (AvgIpc) is 2.45. The maximum atomic E-state index is 5.54. The van der Waals surface area contributed by atoms with Gasteiger partial charge in [0.15, 0.2) is 6.33 Å². The van der Waals surface area contributed by atoms with Crippen LogP contribution in [0.4, 0.5) is 5.95 Å². The van der Waals surface area contributed by atoms with E-state index in [0.717, 1.165) is 11.2 Å². The van der Waals surface area contributed by atoms with Crippen LogP contribution < -0.4 is 10.3 Å². The molecule has 0 aliphatic rings. The minimum atomic E-state index is 0.463. The van der Waals surface area contributed by atoms with Crippen LogP contribution in [0.3, 0.4) is 0 Å². The lowest BCUT2D eigenvalue weighted by atomic mass is 10.5. The Morgan fingerprint density at radius 3 is 3.18 bits per heavy atom. The van der Waals surface area contributed by atoms with Crippen LogP contribution in [0.25, 0.3) is 11.2 Å². The number of nitrogens with two attached hydrogens (primary N) is 1. The van der Waals surface area contributed by atoms with Gasteiger partial charge in [-0.1, -0.05) is 0 Å². The van der Waals surface area contributed by atoms with Crippen LogP contribution in [0.2, 0.25) is 0 Å². The summed E-state index contributed by atoms with van der Waals surface area (Å²) in [7, 11) is 1.82. The minimum Gasteiger partial charge on any atom is -0.329 e. The first kappa shape index (κ1) is 6.09. The van der Waals surface area contributed by atoms with Crippen molar-refractivity contribution in [2.45, 2.75) is 0 Å². The number of nitrogens with zero attached hydrogens (tertiary/aromatic N) is 3. The van der Waals surface area contributed by atoms with Gasteiger partial charge in [0.25, 0.3) is 5.65 Å². The Bertz CT molecular complexity index is 391. The normalized spacial score (nSPS) is 10.6. The topological polar surface area (TPSA) is 71.5 Å². The number of nitrogens with one attached hydrogen (secondary N) is 1. The standard InChI is InChI=1S/C6H7N5/c1-11-5-4(9-3-10-5)2-8-6(11)7/h2-3H,1H3,(H2,7,8,9,10)/p+1. The van der Waals surface area contributed by atoms with Gasteiger partial charge >= 0.3 is 5.95 Å². The van der Waals surface area contributed by atoms with Gasteiger partial charge in [-0.25, -0.2) is 4.57 Å². The number of aromatic nitrogens is 4. The first-order chi connectivity index (χ1) is 5.29. The van der Waals surface area contributed by atoms with E-state index >= 15 is 0 Å². The molecule has 0 aromatic carbocycles. The van der Waals surface area contributed by atoms with Crippen LogP contribution >= 0.6 is 0 Å². The maximum Gasteiger partial charge on any atom is 0.344 e. The molecule has 0 saturated heterocycles. The van der Waals surface area contributed by atoms with Gasteiger partial charge in [-0.3, -0.25) is 0 Å². The predicted octanol–water partition coefficient (Wildman–Crippen LogP) is -0.635. The summed E-state index contributed by atoms with van der Waals surface area (Å²) in [6.45, 7) is 0. The van der Waals surface area contributed by atoms with E-state index in [2.05, 4.69) is 15.0 Å². The predicted molar refractivity (Wildman–Crippen MR) is 39.5 cm³/mol. The highest BCUT2D eigenvalue weighted by molar-refractivity contribution is 5.65. The summed E-state index contributed by atoms with van der Waals surface area (Å²) in [5.74, 6) is 0.463. The van der Waals surface area contributed by atoms with E-state index in [1.807, 2.05) is 7.05 Å². The van der Waals surface area contributed by atoms with Gasteiger partial charge < -0.3 is 10.7 Å². The Balaban J connectivity index is 2.93. The van der Waals surface area contributed by atoms with E-state index in [1.165, 1.54) is 0 Å². The number of hydrogen-bond donors (Lipinski definition) is 2. The Labute approximate surface area is 62.9 Å². The number of aromatic amines is 1. The fraction of sp³-hybridized carbons (Fsp3) is 0.167. The van der Waals surface area contributed by atoms with Gasteiger partial charge in [-0.15, -0.1) is 9.97 Å². The summed E-state index contributed by atoms with van der Waals surface area (Å²) < 4.78 is 1.73. The Morgan fingerprint density at radius 1 is 1.55 bits per heavy atom. The maximum absolute atomic E-state index is 5.54. The Kier molecular flexibility index (Phi) is 1.06. The van der Waals surface area contributed by atoms with E-state index in [1.54, 1.807) is 17.1 Å². The second-order valence-corrected chi connectivity index (χ2v) is 2.32. The molecular weight excluding hydrogens is 142 g/mol. The molecule has 0 radical (unpaired) electrons. The number of hydrogen-bond acceptors (Lipinski definition) is 3. The molecule has 2 aromatic heterocycles. The summed E-state index contributed by atoms with van der Waals surface area (Å²) >= 11 is 0. The first-order valence-corrected chi connectivity index (χ1v) is 3.22. The second-order valence-electron chi connectivity index (χ2n) is 2.32. The SMILES string of the molecule is C[n+]1c(N)ncc2[nH]cnc21. The third-order valence-electron chi connectivity index (χ3n) is 1.64. The third kappa shape index (κ3) is 0.739. The van der Waals surface area contributed by atoms with E-state index in [-0.39, 0.29) is 0 Å². The number of fused-ring (bicyclic) bond motifs is 1. The smallest absolute Gasteiger partial charge is 0.329 e. The van der Waals surface area contributed by atoms with E-state index < -0.39 is 0 Å². The molecule has 2 heterocycles. The quantitative estimate of drug-likeness (QED) is 0.491. The molecule has 0 aliphatic carbocycles. The lowest BCUT2D eigenvalue weighted by Gasteiger charge is -1.93. The zero-order valence-electron chi connectivity index (χ0n) is 6.07. The van der Waals surface area contributed by atoms with Crippen molar-refractivity contribution in [1.29, 1.82) is 0 Å². The molecule has 0 amide bonds. The van der Waals surface area contributed by atoms with E-state index in [0.29, 0.717) is 5.95 Å². The van der Waals surface area contributed by atoms with Crippen LogP contribution in [0, 0.1) is 0 Å². The fourth-order valence-corrected chi connectivity index (χ4v) is 0.985. The Hall–Kier alpha value is -1.65. The van der Waals surface area contributed by atoms with Crippen molar-refractivity contribution in [3.8, 4) is 0 Å². The second kappa shape index (κ2) is 1.91. The van der Waals surface area contributed by atoms with Gasteiger partial charge in [0.1, 0.15) is 11.7 Å². The molecule has 0 aliphatic heterocycles. The van der Waals surface area contributed by atoms with E-state index in [4.69, 9.17) is 5.73 Å². The molecule has 2 rings (SSSR count). The van der Waals surface area contributed by atoms with E-state index in [9.17, 15) is 0 Å². The number of H-pyrrole nitrogens is 1. The number of anilines is 1. The first-order valence-electron chi connectivity index (χ1n) is 3.22. The van der Waals surface area contributed by atoms with Crippen LogP contribution in [0.15, 0.2) is 12.5 Å². The van der Waals surface area contributed by atoms with Crippen LogP contribution in [0.5, 0.6) is 0 Å². The van der Waals surface area contributed by atoms with Crippen molar-refractivity contribution < 1.29 is 4.57 Å². The molecule has 5 nitrogen and oxygen atoms in total. The molecular formula is C6H8N5+. The lowest BCUT2D eigenvalue weighted by molar-refractivity contribution is -0.634. The molecule has 0 bridgehead atoms. The molecule has 5 heteroatoms. The number of aryl methyl sites for hydroxylation is 1. The van der Waals surface area contributed by atoms with Crippen molar-refractivity contribution in [1.82, 2.24) is 15.0 Å². The Morgan fingerprint density at radius 2 is 2.36 bits per heavy atom. The molecule has 0 unspecified atom stereocenters. The summed E-state index contributed by atoms with van der Waals surface area (Å²) in [6, 6.07) is 0. The van der Waals surface area contributed by atoms with Crippen LogP contribution in [-0.2, 0) is 7.05 Å². The molecule has 2 aromatic rings. The summed E-state index contributed by atoms with van der Waals surface area (Å²) in [4.78, 5) is 11.0.